The molecule has 4 N–H and O–H groups in total. The summed E-state index contributed by atoms with van der Waals surface area (Å²) in [4.78, 5) is 18.3. The number of imidazole rings is 1. The number of aromatic amines is 1. The maximum atomic E-state index is 10.6. The van der Waals surface area contributed by atoms with Crippen LogP contribution in [-0.4, -0.2) is 37.2 Å². The van der Waals surface area contributed by atoms with Crippen LogP contribution in [0.4, 0.5) is 17.5 Å². The lowest BCUT2D eigenvalue weighted by Gasteiger charge is -2.21. The van der Waals surface area contributed by atoms with E-state index in [-0.39, 0.29) is 11.4 Å². The Hall–Kier alpha value is -3.11. The molecule has 0 bridgehead atoms. The molecule has 0 unspecified atom stereocenters. The molecule has 7 nitrogen and oxygen atoms in total. The Morgan fingerprint density at radius 1 is 1.21 bits per heavy atom. The molecule has 2 aliphatic rings. The number of rotatable bonds is 1. The molecule has 2 aromatic heterocycles. The van der Waals surface area contributed by atoms with Gasteiger partial charge >= 0.3 is 0 Å². The van der Waals surface area contributed by atoms with Gasteiger partial charge in [-0.25, -0.2) is 4.98 Å². The summed E-state index contributed by atoms with van der Waals surface area (Å²) in [6, 6.07) is 6.24. The smallest absolute Gasteiger partial charge is 0.224 e. The van der Waals surface area contributed by atoms with Crippen molar-refractivity contribution in [2.45, 2.75) is 50.5 Å². The van der Waals surface area contributed by atoms with Crippen LogP contribution in [0.2, 0.25) is 0 Å². The molecule has 1 aliphatic heterocycles. The van der Waals surface area contributed by atoms with Crippen LogP contribution in [-0.2, 0) is 5.41 Å². The zero-order valence-electron chi connectivity index (χ0n) is 16.7. The Labute approximate surface area is 169 Å². The molecule has 0 atom stereocenters. The van der Waals surface area contributed by atoms with Crippen molar-refractivity contribution >= 4 is 28.6 Å². The molecule has 1 fully saturated rings. The second-order valence-electron chi connectivity index (χ2n) is 8.70. The summed E-state index contributed by atoms with van der Waals surface area (Å²) >= 11 is 0. The maximum Gasteiger partial charge on any atom is 0.224 e. The largest absolute Gasteiger partial charge is 0.378 e. The van der Waals surface area contributed by atoms with Gasteiger partial charge in [0.25, 0.3) is 0 Å². The van der Waals surface area contributed by atoms with E-state index >= 15 is 0 Å². The number of hydrogen-bond acceptors (Lipinski definition) is 6. The van der Waals surface area contributed by atoms with Gasteiger partial charge in [0.05, 0.1) is 6.33 Å². The molecule has 0 amide bonds. The van der Waals surface area contributed by atoms with E-state index in [9.17, 15) is 5.11 Å². The van der Waals surface area contributed by atoms with E-state index in [1.165, 1.54) is 5.56 Å². The normalized spacial score (nSPS) is 19.2. The summed E-state index contributed by atoms with van der Waals surface area (Å²) in [6.45, 7) is 5.18. The number of aliphatic hydroxyl groups is 1. The van der Waals surface area contributed by atoms with Crippen molar-refractivity contribution < 1.29 is 5.11 Å². The first-order valence-corrected chi connectivity index (χ1v) is 9.99. The monoisotopic (exact) mass is 388 g/mol. The number of nitrogen functional groups attached to an aromatic ring is 1. The molecule has 3 heterocycles. The molecule has 5 rings (SSSR count). The summed E-state index contributed by atoms with van der Waals surface area (Å²) in [5, 5.41) is 10.6. The number of fused-ring (bicyclic) bond motifs is 2. The average Bonchev–Trinajstić information content (AvgIpc) is 3.38. The van der Waals surface area contributed by atoms with Gasteiger partial charge in [0.15, 0.2) is 17.0 Å². The first-order valence-electron chi connectivity index (χ1n) is 9.99. The first kappa shape index (κ1) is 18.0. The molecule has 1 aliphatic carbocycles. The fraction of sp³-hybridized carbons (Fsp3) is 0.409. The topological polar surface area (TPSA) is 104 Å². The lowest BCUT2D eigenvalue weighted by Crippen LogP contribution is -2.26. The molecule has 0 spiro atoms. The van der Waals surface area contributed by atoms with Gasteiger partial charge in [-0.05, 0) is 43.4 Å². The van der Waals surface area contributed by atoms with E-state index < -0.39 is 5.60 Å². The van der Waals surface area contributed by atoms with E-state index in [0.717, 1.165) is 43.5 Å². The zero-order chi connectivity index (χ0) is 20.2. The van der Waals surface area contributed by atoms with Crippen LogP contribution in [0.5, 0.6) is 0 Å². The van der Waals surface area contributed by atoms with Gasteiger partial charge in [-0.3, -0.25) is 0 Å². The lowest BCUT2D eigenvalue weighted by atomic mass is 9.86. The minimum Gasteiger partial charge on any atom is -0.378 e. The van der Waals surface area contributed by atoms with Crippen molar-refractivity contribution in [3.05, 3.63) is 35.7 Å². The number of hydrogen-bond donors (Lipinski definition) is 3. The van der Waals surface area contributed by atoms with Crippen molar-refractivity contribution in [1.82, 2.24) is 19.9 Å². The number of nitrogens with two attached hydrogens (primary N) is 1. The summed E-state index contributed by atoms with van der Waals surface area (Å²) in [5.41, 5.74) is 9.51. The zero-order valence-corrected chi connectivity index (χ0v) is 16.7. The minimum atomic E-state index is -0.847. The number of nitrogens with zero attached hydrogens (tertiary/aromatic N) is 4. The Balaban J connectivity index is 1.61. The van der Waals surface area contributed by atoms with Crippen molar-refractivity contribution in [2.75, 3.05) is 17.2 Å². The quantitative estimate of drug-likeness (QED) is 0.554. The Morgan fingerprint density at radius 2 is 2.00 bits per heavy atom. The van der Waals surface area contributed by atoms with Crippen LogP contribution in [0.25, 0.3) is 11.2 Å². The molecule has 7 heteroatoms. The highest BCUT2D eigenvalue weighted by Crippen LogP contribution is 2.45. The standard InChI is InChI=1S/C22H24N6O/c1-21(2)12-28(19-17-18(25-13-24-17)26-20(23)27-19)16-11-14(5-6-15(16)21)7-10-22(29)8-3-4-9-22/h5-6,11,13,29H,3-4,8-9,12H2,1-2H3,(H3,23,24,25,26,27). The van der Waals surface area contributed by atoms with Crippen LogP contribution in [0.3, 0.4) is 0 Å². The van der Waals surface area contributed by atoms with Gasteiger partial charge in [-0.1, -0.05) is 31.8 Å². The predicted molar refractivity (Wildman–Crippen MR) is 113 cm³/mol. The summed E-state index contributed by atoms with van der Waals surface area (Å²) < 4.78 is 0. The molecular weight excluding hydrogens is 364 g/mol. The maximum absolute atomic E-state index is 10.6. The van der Waals surface area contributed by atoms with Gasteiger partial charge < -0.3 is 20.7 Å². The van der Waals surface area contributed by atoms with Crippen LogP contribution in [0.1, 0.15) is 50.7 Å². The molecule has 148 valence electrons. The number of aromatic nitrogens is 4. The van der Waals surface area contributed by atoms with Crippen LogP contribution >= 0.6 is 0 Å². The average molecular weight is 388 g/mol. The fourth-order valence-corrected chi connectivity index (χ4v) is 4.46. The van der Waals surface area contributed by atoms with E-state index in [1.54, 1.807) is 6.33 Å². The third-order valence-electron chi connectivity index (χ3n) is 5.97. The molecule has 1 saturated carbocycles. The molecule has 29 heavy (non-hydrogen) atoms. The summed E-state index contributed by atoms with van der Waals surface area (Å²) in [5.74, 6) is 7.20. The number of anilines is 3. The number of benzene rings is 1. The summed E-state index contributed by atoms with van der Waals surface area (Å²) in [6.07, 6.45) is 5.18. The van der Waals surface area contributed by atoms with Gasteiger partial charge in [0.2, 0.25) is 5.95 Å². The highest BCUT2D eigenvalue weighted by atomic mass is 16.3. The lowest BCUT2D eigenvalue weighted by molar-refractivity contribution is 0.110. The van der Waals surface area contributed by atoms with E-state index in [2.05, 4.69) is 62.7 Å². The van der Waals surface area contributed by atoms with E-state index in [1.807, 2.05) is 6.07 Å². The second kappa shape index (κ2) is 6.19. The van der Waals surface area contributed by atoms with Crippen molar-refractivity contribution in [3.63, 3.8) is 0 Å². The highest BCUT2D eigenvalue weighted by molar-refractivity contribution is 5.89. The number of H-pyrrole nitrogens is 1. The van der Waals surface area contributed by atoms with Gasteiger partial charge in [0.1, 0.15) is 5.60 Å². The molecule has 1 aromatic carbocycles. The van der Waals surface area contributed by atoms with E-state index in [0.29, 0.717) is 17.0 Å². The van der Waals surface area contributed by atoms with E-state index in [4.69, 9.17) is 5.73 Å². The Kier molecular flexibility index (Phi) is 3.83. The summed E-state index contributed by atoms with van der Waals surface area (Å²) in [7, 11) is 0. The highest BCUT2D eigenvalue weighted by Gasteiger charge is 2.37. The molecule has 3 aromatic rings. The van der Waals surface area contributed by atoms with Crippen molar-refractivity contribution in [1.29, 1.82) is 0 Å². The van der Waals surface area contributed by atoms with Crippen LogP contribution in [0.15, 0.2) is 24.5 Å². The van der Waals surface area contributed by atoms with Gasteiger partial charge in [-0.2, -0.15) is 9.97 Å². The van der Waals surface area contributed by atoms with Crippen LogP contribution < -0.4 is 10.6 Å². The van der Waals surface area contributed by atoms with Crippen molar-refractivity contribution in [3.8, 4) is 11.8 Å². The van der Waals surface area contributed by atoms with Crippen LogP contribution in [0, 0.1) is 11.8 Å². The first-order chi connectivity index (χ1) is 13.8. The SMILES string of the molecule is CC1(C)CN(c2nc(N)nc3[nH]cnc23)c2cc(C#CC3(O)CCCC3)ccc21. The third kappa shape index (κ3) is 3.00. The van der Waals surface area contributed by atoms with Crippen molar-refractivity contribution in [2.24, 2.45) is 0 Å². The second-order valence-corrected chi connectivity index (χ2v) is 8.70. The molecular formula is C22H24N6O. The Morgan fingerprint density at radius 3 is 2.79 bits per heavy atom. The minimum absolute atomic E-state index is 0.0622. The molecule has 0 saturated heterocycles. The van der Waals surface area contributed by atoms with Gasteiger partial charge in [0, 0.05) is 23.2 Å². The fourth-order valence-electron chi connectivity index (χ4n) is 4.46. The molecule has 0 radical (unpaired) electrons. The van der Waals surface area contributed by atoms with Gasteiger partial charge in [-0.15, -0.1) is 0 Å². The third-order valence-corrected chi connectivity index (χ3v) is 5.97. The predicted octanol–water partition coefficient (Wildman–Crippen LogP) is 3.02. The number of nitrogens with one attached hydrogen (secondary N) is 1. The Bertz CT molecular complexity index is 1160.